The maximum Gasteiger partial charge on any atom is 0.295 e. The number of fused-ring (bicyclic) bond motifs is 1. The SMILES string of the molecule is O=C1C(=O)N(CCN2CCOCC2)C(c2cccc([N+](=O)[O-])c2)/C1=C(\O)c1ccc2c(c1)OCCO2. The molecular weight excluding hydrogens is 470 g/mol. The van der Waals surface area contributed by atoms with Crippen molar-refractivity contribution in [2.45, 2.75) is 6.04 Å². The monoisotopic (exact) mass is 495 g/mol. The van der Waals surface area contributed by atoms with Crippen LogP contribution in [0.5, 0.6) is 11.5 Å². The number of rotatable bonds is 6. The minimum Gasteiger partial charge on any atom is -0.507 e. The number of hydrogen-bond acceptors (Lipinski definition) is 9. The Kier molecular flexibility index (Phi) is 6.57. The third-order valence-electron chi connectivity index (χ3n) is 6.51. The van der Waals surface area contributed by atoms with Gasteiger partial charge in [0.15, 0.2) is 11.5 Å². The van der Waals surface area contributed by atoms with Crippen LogP contribution >= 0.6 is 0 Å². The highest BCUT2D eigenvalue weighted by molar-refractivity contribution is 6.46. The molecule has 5 rings (SSSR count). The first kappa shape index (κ1) is 23.8. The van der Waals surface area contributed by atoms with Gasteiger partial charge in [-0.2, -0.15) is 0 Å². The van der Waals surface area contributed by atoms with Gasteiger partial charge in [-0.15, -0.1) is 0 Å². The Bertz CT molecular complexity index is 1240. The Hall–Kier alpha value is -3.96. The number of nitro benzene ring substituents is 1. The molecule has 11 nitrogen and oxygen atoms in total. The summed E-state index contributed by atoms with van der Waals surface area (Å²) < 4.78 is 16.5. The summed E-state index contributed by atoms with van der Waals surface area (Å²) in [6.07, 6.45) is 0. The molecule has 0 aliphatic carbocycles. The standard InChI is InChI=1S/C25H25N3O8/c29-23(17-4-5-19-20(15-17)36-13-12-35-19)21-22(16-2-1-3-18(14-16)28(32)33)27(25(31)24(21)30)7-6-26-8-10-34-11-9-26/h1-5,14-15,22,29H,6-13H2/b23-21+. The topological polar surface area (TPSA) is 132 Å². The first-order valence-electron chi connectivity index (χ1n) is 11.7. The van der Waals surface area contributed by atoms with E-state index in [-0.39, 0.29) is 29.1 Å². The van der Waals surface area contributed by atoms with Crippen LogP contribution in [0.4, 0.5) is 5.69 Å². The van der Waals surface area contributed by atoms with Crippen LogP contribution in [0.15, 0.2) is 48.0 Å². The van der Waals surface area contributed by atoms with Gasteiger partial charge in [0.25, 0.3) is 17.4 Å². The highest BCUT2D eigenvalue weighted by Gasteiger charge is 2.46. The summed E-state index contributed by atoms with van der Waals surface area (Å²) in [5.41, 5.74) is 0.343. The second-order valence-electron chi connectivity index (χ2n) is 8.66. The average molecular weight is 495 g/mol. The molecule has 2 aromatic rings. The molecule has 0 saturated carbocycles. The fourth-order valence-electron chi connectivity index (χ4n) is 4.69. The van der Waals surface area contributed by atoms with E-state index < -0.39 is 22.7 Å². The number of amides is 1. The molecule has 1 amide bonds. The number of nitrogens with zero attached hydrogens (tertiary/aromatic N) is 3. The smallest absolute Gasteiger partial charge is 0.295 e. The van der Waals surface area contributed by atoms with Gasteiger partial charge in [0.1, 0.15) is 19.0 Å². The van der Waals surface area contributed by atoms with E-state index in [0.29, 0.717) is 63.1 Å². The number of benzene rings is 2. The molecule has 0 bridgehead atoms. The summed E-state index contributed by atoms with van der Waals surface area (Å²) in [6, 6.07) is 9.55. The number of non-ortho nitro benzene ring substituents is 1. The van der Waals surface area contributed by atoms with Crippen LogP contribution in [0.3, 0.4) is 0 Å². The van der Waals surface area contributed by atoms with Crippen LogP contribution in [0, 0.1) is 10.1 Å². The number of aliphatic hydroxyl groups is 1. The van der Waals surface area contributed by atoms with Crippen LogP contribution in [0.2, 0.25) is 0 Å². The number of morpholine rings is 1. The molecule has 1 N–H and O–H groups in total. The van der Waals surface area contributed by atoms with Crippen molar-refractivity contribution < 1.29 is 33.8 Å². The Morgan fingerprint density at radius 3 is 2.50 bits per heavy atom. The van der Waals surface area contributed by atoms with E-state index in [1.165, 1.54) is 23.1 Å². The molecule has 0 aromatic heterocycles. The molecule has 2 saturated heterocycles. The minimum atomic E-state index is -0.987. The van der Waals surface area contributed by atoms with Gasteiger partial charge in [0.2, 0.25) is 0 Å². The van der Waals surface area contributed by atoms with Crippen molar-refractivity contribution in [3.8, 4) is 11.5 Å². The molecule has 2 fully saturated rings. The molecule has 3 heterocycles. The zero-order chi connectivity index (χ0) is 25.2. The van der Waals surface area contributed by atoms with Crippen molar-refractivity contribution in [3.63, 3.8) is 0 Å². The molecule has 36 heavy (non-hydrogen) atoms. The lowest BCUT2D eigenvalue weighted by molar-refractivity contribution is -0.384. The maximum atomic E-state index is 13.2. The number of ketones is 1. The molecule has 1 unspecified atom stereocenters. The lowest BCUT2D eigenvalue weighted by Gasteiger charge is -2.31. The average Bonchev–Trinajstić information content (AvgIpc) is 3.16. The zero-order valence-electron chi connectivity index (χ0n) is 19.4. The number of aliphatic hydroxyl groups excluding tert-OH is 1. The third kappa shape index (κ3) is 4.50. The highest BCUT2D eigenvalue weighted by atomic mass is 16.6. The molecular formula is C25H25N3O8. The Morgan fingerprint density at radius 1 is 1.00 bits per heavy atom. The fraction of sp³-hybridized carbons (Fsp3) is 0.360. The summed E-state index contributed by atoms with van der Waals surface area (Å²) >= 11 is 0. The molecule has 11 heteroatoms. The number of carbonyl (C=O) groups excluding carboxylic acids is 2. The largest absolute Gasteiger partial charge is 0.507 e. The van der Waals surface area contributed by atoms with Crippen LogP contribution in [0.25, 0.3) is 5.76 Å². The van der Waals surface area contributed by atoms with E-state index in [2.05, 4.69) is 4.90 Å². The van der Waals surface area contributed by atoms with Gasteiger partial charge in [-0.3, -0.25) is 24.6 Å². The van der Waals surface area contributed by atoms with Crippen molar-refractivity contribution in [2.24, 2.45) is 0 Å². The molecule has 0 radical (unpaired) electrons. The van der Waals surface area contributed by atoms with Gasteiger partial charge in [0.05, 0.1) is 29.8 Å². The number of likely N-dealkylation sites (tertiary alicyclic amines) is 1. The van der Waals surface area contributed by atoms with Crippen molar-refractivity contribution in [1.82, 2.24) is 9.80 Å². The molecule has 3 aliphatic heterocycles. The van der Waals surface area contributed by atoms with Crippen molar-refractivity contribution in [2.75, 3.05) is 52.6 Å². The van der Waals surface area contributed by atoms with Gasteiger partial charge in [-0.1, -0.05) is 12.1 Å². The Balaban J connectivity index is 1.56. The van der Waals surface area contributed by atoms with Crippen LogP contribution in [-0.2, 0) is 14.3 Å². The number of hydrogen-bond donors (Lipinski definition) is 1. The highest BCUT2D eigenvalue weighted by Crippen LogP contribution is 2.41. The molecule has 1 atom stereocenters. The summed E-state index contributed by atoms with van der Waals surface area (Å²) in [4.78, 5) is 40.8. The Morgan fingerprint density at radius 2 is 1.75 bits per heavy atom. The van der Waals surface area contributed by atoms with Crippen molar-refractivity contribution in [1.29, 1.82) is 0 Å². The predicted octanol–water partition coefficient (Wildman–Crippen LogP) is 2.12. The van der Waals surface area contributed by atoms with Crippen LogP contribution in [0.1, 0.15) is 17.2 Å². The number of ether oxygens (including phenoxy) is 3. The van der Waals surface area contributed by atoms with E-state index in [9.17, 15) is 24.8 Å². The summed E-state index contributed by atoms with van der Waals surface area (Å²) in [5.74, 6) is -1.06. The molecule has 188 valence electrons. The van der Waals surface area contributed by atoms with E-state index in [0.717, 1.165) is 0 Å². The maximum absolute atomic E-state index is 13.2. The Labute approximate surface area is 206 Å². The van der Waals surface area contributed by atoms with Crippen LogP contribution in [-0.4, -0.2) is 84.1 Å². The second-order valence-corrected chi connectivity index (χ2v) is 8.66. The quantitative estimate of drug-likeness (QED) is 0.210. The van der Waals surface area contributed by atoms with Gasteiger partial charge in [0, 0.05) is 43.9 Å². The first-order chi connectivity index (χ1) is 17.4. The normalized spacial score (nSPS) is 21.6. The van der Waals surface area contributed by atoms with Crippen LogP contribution < -0.4 is 9.47 Å². The summed E-state index contributed by atoms with van der Waals surface area (Å²) in [5, 5.41) is 22.7. The zero-order valence-corrected chi connectivity index (χ0v) is 19.4. The van der Waals surface area contributed by atoms with Gasteiger partial charge >= 0.3 is 0 Å². The number of nitro groups is 1. The third-order valence-corrected chi connectivity index (χ3v) is 6.51. The van der Waals surface area contributed by atoms with E-state index >= 15 is 0 Å². The van der Waals surface area contributed by atoms with Crippen molar-refractivity contribution in [3.05, 3.63) is 69.3 Å². The van der Waals surface area contributed by atoms with Gasteiger partial charge in [-0.25, -0.2) is 0 Å². The predicted molar refractivity (Wildman–Crippen MR) is 127 cm³/mol. The van der Waals surface area contributed by atoms with Gasteiger partial charge < -0.3 is 24.2 Å². The number of Topliss-reactive ketones (excluding diaryl/α,β-unsaturated/α-hetero) is 1. The second kappa shape index (κ2) is 9.96. The molecule has 0 spiro atoms. The van der Waals surface area contributed by atoms with E-state index in [1.807, 2.05) is 0 Å². The van der Waals surface area contributed by atoms with E-state index in [1.54, 1.807) is 24.3 Å². The lowest BCUT2D eigenvalue weighted by atomic mass is 9.95. The minimum absolute atomic E-state index is 0.126. The van der Waals surface area contributed by atoms with Crippen molar-refractivity contribution >= 4 is 23.1 Å². The van der Waals surface area contributed by atoms with E-state index in [4.69, 9.17) is 14.2 Å². The molecule has 2 aromatic carbocycles. The molecule has 3 aliphatic rings. The lowest BCUT2D eigenvalue weighted by Crippen LogP contribution is -2.42. The summed E-state index contributed by atoms with van der Waals surface area (Å²) in [7, 11) is 0. The summed E-state index contributed by atoms with van der Waals surface area (Å²) in [6.45, 7) is 4.00. The first-order valence-corrected chi connectivity index (χ1v) is 11.7. The fourth-order valence-corrected chi connectivity index (χ4v) is 4.69. The van der Waals surface area contributed by atoms with Gasteiger partial charge in [-0.05, 0) is 23.8 Å². The number of carbonyl (C=O) groups is 2.